The molecule has 2 aromatic carbocycles. The highest BCUT2D eigenvalue weighted by atomic mass is 32.2. The highest BCUT2D eigenvalue weighted by Gasteiger charge is 2.22. The Bertz CT molecular complexity index is 829. The van der Waals surface area contributed by atoms with Crippen molar-refractivity contribution >= 4 is 10.1 Å². The lowest BCUT2D eigenvalue weighted by Crippen LogP contribution is -2.13. The third-order valence-electron chi connectivity index (χ3n) is 4.10. The van der Waals surface area contributed by atoms with E-state index in [9.17, 15) is 8.42 Å². The molecule has 0 fully saturated rings. The summed E-state index contributed by atoms with van der Waals surface area (Å²) in [5.74, 6) is 0.955. The fraction of sp³-hybridized carbons (Fsp3) is 0.368. The smallest absolute Gasteiger partial charge is 0.339 e. The van der Waals surface area contributed by atoms with Crippen molar-refractivity contribution in [2.24, 2.45) is 0 Å². The first kappa shape index (κ1) is 18.3. The van der Waals surface area contributed by atoms with Crippen molar-refractivity contribution in [1.29, 1.82) is 0 Å². The summed E-state index contributed by atoms with van der Waals surface area (Å²) in [5, 5.41) is 0. The zero-order valence-electron chi connectivity index (χ0n) is 15.0. The van der Waals surface area contributed by atoms with Crippen LogP contribution in [0.2, 0.25) is 0 Å². The molecule has 2 aromatic rings. The van der Waals surface area contributed by atoms with Gasteiger partial charge in [-0.05, 0) is 60.2 Å². The monoisotopic (exact) mass is 348 g/mol. The summed E-state index contributed by atoms with van der Waals surface area (Å²) >= 11 is 0. The SMILES string of the molecule is COc1ccc(S(=O)(=O)Oc2ccc(C(C)(C)C)cc2)c(C)c1C. The Morgan fingerprint density at radius 2 is 1.46 bits per heavy atom. The molecule has 4 nitrogen and oxygen atoms in total. The predicted molar refractivity (Wildman–Crippen MR) is 95.4 cm³/mol. The molecule has 0 aliphatic carbocycles. The fourth-order valence-corrected chi connectivity index (χ4v) is 3.66. The van der Waals surface area contributed by atoms with Crippen molar-refractivity contribution in [3.05, 3.63) is 53.1 Å². The van der Waals surface area contributed by atoms with Gasteiger partial charge in [-0.15, -0.1) is 0 Å². The summed E-state index contributed by atoms with van der Waals surface area (Å²) in [6.07, 6.45) is 0. The Kier molecular flexibility index (Phi) is 4.95. The number of benzene rings is 2. The van der Waals surface area contributed by atoms with E-state index in [0.29, 0.717) is 17.1 Å². The van der Waals surface area contributed by atoms with E-state index in [1.165, 1.54) is 6.07 Å². The van der Waals surface area contributed by atoms with Gasteiger partial charge in [0, 0.05) is 0 Å². The standard InChI is InChI=1S/C19H24O4S/c1-13-14(2)18(12-11-17(13)22-6)24(20,21)23-16-9-7-15(8-10-16)19(3,4)5/h7-12H,1-6H3. The van der Waals surface area contributed by atoms with E-state index < -0.39 is 10.1 Å². The van der Waals surface area contributed by atoms with E-state index in [1.807, 2.05) is 19.1 Å². The maximum atomic E-state index is 12.6. The van der Waals surface area contributed by atoms with Crippen LogP contribution in [-0.4, -0.2) is 15.5 Å². The molecule has 130 valence electrons. The van der Waals surface area contributed by atoms with Crippen LogP contribution in [0.15, 0.2) is 41.3 Å². The fourth-order valence-electron chi connectivity index (χ4n) is 2.45. The minimum atomic E-state index is -3.90. The van der Waals surface area contributed by atoms with E-state index in [4.69, 9.17) is 8.92 Å². The number of rotatable bonds is 4. The van der Waals surface area contributed by atoms with Gasteiger partial charge in [-0.1, -0.05) is 32.9 Å². The molecule has 0 heterocycles. The normalized spacial score (nSPS) is 12.1. The molecular formula is C19H24O4S. The van der Waals surface area contributed by atoms with Crippen LogP contribution in [0.3, 0.4) is 0 Å². The second kappa shape index (κ2) is 6.48. The molecule has 2 rings (SSSR count). The van der Waals surface area contributed by atoms with Gasteiger partial charge in [0.25, 0.3) is 0 Å². The van der Waals surface area contributed by atoms with Gasteiger partial charge in [-0.25, -0.2) is 0 Å². The van der Waals surface area contributed by atoms with Crippen LogP contribution in [0, 0.1) is 13.8 Å². The third kappa shape index (κ3) is 3.73. The molecule has 0 radical (unpaired) electrons. The van der Waals surface area contributed by atoms with Gasteiger partial charge in [0.05, 0.1) is 7.11 Å². The largest absolute Gasteiger partial charge is 0.496 e. The second-order valence-corrected chi connectivity index (χ2v) is 8.34. The molecule has 0 aliphatic rings. The molecule has 0 amide bonds. The van der Waals surface area contributed by atoms with E-state index in [0.717, 1.165) is 11.1 Å². The second-order valence-electron chi connectivity index (χ2n) is 6.83. The summed E-state index contributed by atoms with van der Waals surface area (Å²) in [5.41, 5.74) is 2.52. The summed E-state index contributed by atoms with van der Waals surface area (Å²) in [6, 6.07) is 10.3. The van der Waals surface area contributed by atoms with Crippen molar-refractivity contribution < 1.29 is 17.3 Å². The highest BCUT2D eigenvalue weighted by Crippen LogP contribution is 2.30. The van der Waals surface area contributed by atoms with Crippen molar-refractivity contribution in [2.45, 2.75) is 44.9 Å². The van der Waals surface area contributed by atoms with Gasteiger partial charge < -0.3 is 8.92 Å². The van der Waals surface area contributed by atoms with Crippen LogP contribution in [0.1, 0.15) is 37.5 Å². The van der Waals surface area contributed by atoms with Crippen LogP contribution in [0.25, 0.3) is 0 Å². The summed E-state index contributed by atoms with van der Waals surface area (Å²) in [6.45, 7) is 9.87. The minimum Gasteiger partial charge on any atom is -0.496 e. The predicted octanol–water partition coefficient (Wildman–Crippen LogP) is 4.38. The summed E-state index contributed by atoms with van der Waals surface area (Å²) in [7, 11) is -2.34. The van der Waals surface area contributed by atoms with Gasteiger partial charge in [0.15, 0.2) is 0 Å². The molecule has 0 N–H and O–H groups in total. The molecule has 0 spiro atoms. The van der Waals surface area contributed by atoms with Gasteiger partial charge in [-0.3, -0.25) is 0 Å². The molecule has 0 unspecified atom stereocenters. The third-order valence-corrected chi connectivity index (χ3v) is 5.50. The minimum absolute atomic E-state index is 0.00108. The first-order valence-corrected chi connectivity index (χ1v) is 9.16. The van der Waals surface area contributed by atoms with Gasteiger partial charge in [-0.2, -0.15) is 8.42 Å². The van der Waals surface area contributed by atoms with Crippen LogP contribution in [0.5, 0.6) is 11.5 Å². The molecule has 0 saturated carbocycles. The Balaban J connectivity index is 2.34. The molecule has 5 heteroatoms. The first-order chi connectivity index (χ1) is 11.1. The molecule has 0 aliphatic heterocycles. The highest BCUT2D eigenvalue weighted by molar-refractivity contribution is 7.87. The lowest BCUT2D eigenvalue weighted by Gasteiger charge is -2.19. The summed E-state index contributed by atoms with van der Waals surface area (Å²) in [4.78, 5) is 0.153. The Morgan fingerprint density at radius 1 is 0.875 bits per heavy atom. The van der Waals surface area contributed by atoms with Crippen molar-refractivity contribution in [2.75, 3.05) is 7.11 Å². The van der Waals surface area contributed by atoms with E-state index in [-0.39, 0.29) is 10.3 Å². The first-order valence-electron chi connectivity index (χ1n) is 7.75. The number of hydrogen-bond acceptors (Lipinski definition) is 4. The molecule has 0 saturated heterocycles. The molecule has 0 bridgehead atoms. The van der Waals surface area contributed by atoms with Gasteiger partial charge in [0.2, 0.25) is 0 Å². The zero-order valence-corrected chi connectivity index (χ0v) is 15.8. The van der Waals surface area contributed by atoms with Gasteiger partial charge >= 0.3 is 10.1 Å². The number of methoxy groups -OCH3 is 1. The van der Waals surface area contributed by atoms with Crippen molar-refractivity contribution in [3.8, 4) is 11.5 Å². The Hall–Kier alpha value is -2.01. The lowest BCUT2D eigenvalue weighted by molar-refractivity contribution is 0.410. The maximum Gasteiger partial charge on any atom is 0.339 e. The molecule has 0 aromatic heterocycles. The lowest BCUT2D eigenvalue weighted by atomic mass is 9.87. The number of ether oxygens (including phenoxy) is 1. The van der Waals surface area contributed by atoms with E-state index in [1.54, 1.807) is 32.2 Å². The molecular weight excluding hydrogens is 324 g/mol. The number of hydrogen-bond donors (Lipinski definition) is 0. The molecule has 0 atom stereocenters. The van der Waals surface area contributed by atoms with Crippen LogP contribution < -0.4 is 8.92 Å². The van der Waals surface area contributed by atoms with Gasteiger partial charge in [0.1, 0.15) is 16.4 Å². The van der Waals surface area contributed by atoms with Crippen LogP contribution >= 0.6 is 0 Å². The quantitative estimate of drug-likeness (QED) is 0.770. The Morgan fingerprint density at radius 3 is 1.96 bits per heavy atom. The topological polar surface area (TPSA) is 52.6 Å². The van der Waals surface area contributed by atoms with E-state index >= 15 is 0 Å². The van der Waals surface area contributed by atoms with Crippen LogP contribution in [0.4, 0.5) is 0 Å². The average Bonchev–Trinajstić information content (AvgIpc) is 2.49. The van der Waals surface area contributed by atoms with Crippen LogP contribution in [-0.2, 0) is 15.5 Å². The van der Waals surface area contributed by atoms with E-state index in [2.05, 4.69) is 20.8 Å². The van der Waals surface area contributed by atoms with Crippen molar-refractivity contribution in [1.82, 2.24) is 0 Å². The summed E-state index contributed by atoms with van der Waals surface area (Å²) < 4.78 is 35.7. The maximum absolute atomic E-state index is 12.6. The molecule has 24 heavy (non-hydrogen) atoms. The average molecular weight is 348 g/mol. The zero-order chi connectivity index (χ0) is 18.1. The van der Waals surface area contributed by atoms with Crippen molar-refractivity contribution in [3.63, 3.8) is 0 Å². The Labute approximate surface area is 144 Å².